The van der Waals surface area contributed by atoms with Gasteiger partial charge in [0.25, 0.3) is 0 Å². The molecule has 0 aromatic rings. The second kappa shape index (κ2) is 48.6. The molecule has 0 radical (unpaired) electrons. The minimum atomic E-state index is -0.795. The Morgan fingerprint density at radius 3 is 1.33 bits per heavy atom. The molecule has 0 aromatic heterocycles. The second-order valence-electron chi connectivity index (χ2n) is 17.7. The standard InChI is InChI=1S/C55H99NO5/c1-4-7-10-13-16-19-22-25-27-29-32-35-38-41-44-47-53(58)52(50-57)56-54(59)49-51(46-43-40-37-34-31-24-21-18-15-12-9-6-3)61-55(60)48-45-42-39-36-33-30-28-26-23-20-17-14-11-8-5-2/h8,11,14,17,20,23,26,28,30,33,51-53,57-58H,4-7,9-10,12-13,15-16,18-19,21-22,24-25,27,29,31-32,34-50H2,1-3H3,(H,56,59)/b11-8+,17-14+,23-20-,28-26-,33-30+. The van der Waals surface area contributed by atoms with Crippen molar-refractivity contribution in [3.05, 3.63) is 60.8 Å². The molecule has 0 fully saturated rings. The van der Waals surface area contributed by atoms with Crippen molar-refractivity contribution >= 4 is 11.9 Å². The van der Waals surface area contributed by atoms with Gasteiger partial charge < -0.3 is 20.3 Å². The first-order valence-electron chi connectivity index (χ1n) is 26.1. The van der Waals surface area contributed by atoms with Crippen LogP contribution < -0.4 is 5.32 Å². The summed E-state index contributed by atoms with van der Waals surface area (Å²) in [5.74, 6) is -0.517. The largest absolute Gasteiger partial charge is 0.462 e. The van der Waals surface area contributed by atoms with E-state index in [1.807, 2.05) is 36.5 Å². The van der Waals surface area contributed by atoms with Crippen LogP contribution in [0.15, 0.2) is 60.8 Å². The summed E-state index contributed by atoms with van der Waals surface area (Å²) in [4.78, 5) is 26.1. The van der Waals surface area contributed by atoms with E-state index in [-0.39, 0.29) is 24.9 Å². The van der Waals surface area contributed by atoms with Crippen molar-refractivity contribution in [3.63, 3.8) is 0 Å². The molecule has 0 bridgehead atoms. The van der Waals surface area contributed by atoms with E-state index in [1.54, 1.807) is 0 Å². The van der Waals surface area contributed by atoms with E-state index in [2.05, 4.69) is 50.4 Å². The lowest BCUT2D eigenvalue weighted by Gasteiger charge is -2.24. The zero-order valence-electron chi connectivity index (χ0n) is 40.3. The number of aliphatic hydroxyl groups excluding tert-OH is 2. The van der Waals surface area contributed by atoms with E-state index in [0.717, 1.165) is 70.6 Å². The number of allylic oxidation sites excluding steroid dienone is 10. The Morgan fingerprint density at radius 1 is 0.492 bits per heavy atom. The summed E-state index contributed by atoms with van der Waals surface area (Å²) in [5.41, 5.74) is 0. The molecule has 3 atom stereocenters. The zero-order valence-corrected chi connectivity index (χ0v) is 40.3. The molecule has 0 saturated heterocycles. The van der Waals surface area contributed by atoms with Gasteiger partial charge in [0.05, 0.1) is 25.2 Å². The smallest absolute Gasteiger partial charge is 0.306 e. The van der Waals surface area contributed by atoms with Crippen LogP contribution in [0, 0.1) is 0 Å². The van der Waals surface area contributed by atoms with E-state index >= 15 is 0 Å². The number of hydrogen-bond donors (Lipinski definition) is 3. The molecule has 0 aliphatic heterocycles. The van der Waals surface area contributed by atoms with E-state index < -0.39 is 18.2 Å². The molecular weight excluding hydrogens is 755 g/mol. The van der Waals surface area contributed by atoms with E-state index in [1.165, 1.54) is 135 Å². The third-order valence-corrected chi connectivity index (χ3v) is 11.7. The Hall–Kier alpha value is -2.44. The van der Waals surface area contributed by atoms with E-state index in [9.17, 15) is 19.8 Å². The fraction of sp³-hybridized carbons (Fsp3) is 0.782. The van der Waals surface area contributed by atoms with Gasteiger partial charge in [0.1, 0.15) is 6.10 Å². The van der Waals surface area contributed by atoms with Crippen LogP contribution in [0.1, 0.15) is 252 Å². The predicted octanol–water partition coefficient (Wildman–Crippen LogP) is 15.6. The SMILES string of the molecule is CC/C=C/C=C/C=C\C=C/C=C/CCCCCC(=O)OC(CCCCCCCCCCCCCC)CC(=O)NC(CO)C(O)CCCCCCCCCCCCCCCCC. The van der Waals surface area contributed by atoms with Crippen LogP contribution in [0.3, 0.4) is 0 Å². The zero-order chi connectivity index (χ0) is 44.5. The molecule has 0 saturated carbocycles. The van der Waals surface area contributed by atoms with E-state index in [0.29, 0.717) is 19.3 Å². The minimum absolute atomic E-state index is 0.0612. The van der Waals surface area contributed by atoms with Crippen molar-refractivity contribution in [3.8, 4) is 0 Å². The number of carbonyl (C=O) groups excluding carboxylic acids is 2. The molecule has 61 heavy (non-hydrogen) atoms. The Balaban J connectivity index is 4.60. The van der Waals surface area contributed by atoms with Crippen LogP contribution in [-0.2, 0) is 14.3 Å². The second-order valence-corrected chi connectivity index (χ2v) is 17.7. The van der Waals surface area contributed by atoms with Crippen molar-refractivity contribution in [2.75, 3.05) is 6.61 Å². The Kier molecular flexibility index (Phi) is 46.6. The maximum Gasteiger partial charge on any atom is 0.306 e. The predicted molar refractivity (Wildman–Crippen MR) is 264 cm³/mol. The summed E-state index contributed by atoms with van der Waals surface area (Å²) in [7, 11) is 0. The molecule has 0 heterocycles. The van der Waals surface area contributed by atoms with Gasteiger partial charge in [0, 0.05) is 6.42 Å². The lowest BCUT2D eigenvalue weighted by atomic mass is 10.0. The van der Waals surface area contributed by atoms with Crippen molar-refractivity contribution in [2.24, 2.45) is 0 Å². The highest BCUT2D eigenvalue weighted by Crippen LogP contribution is 2.18. The number of carbonyl (C=O) groups is 2. The average molecular weight is 854 g/mol. The maximum absolute atomic E-state index is 13.2. The van der Waals surface area contributed by atoms with Gasteiger partial charge in [0.2, 0.25) is 5.91 Å². The van der Waals surface area contributed by atoms with Gasteiger partial charge in [-0.1, -0.05) is 255 Å². The molecular formula is C55H99NO5. The molecule has 0 aromatic carbocycles. The van der Waals surface area contributed by atoms with Crippen molar-refractivity contribution in [2.45, 2.75) is 270 Å². The van der Waals surface area contributed by atoms with Crippen LogP contribution >= 0.6 is 0 Å². The highest BCUT2D eigenvalue weighted by molar-refractivity contribution is 5.77. The summed E-state index contributed by atoms with van der Waals surface area (Å²) in [6, 6.07) is -0.710. The quantitative estimate of drug-likeness (QED) is 0.0322. The fourth-order valence-corrected chi connectivity index (χ4v) is 7.81. The third kappa shape index (κ3) is 44.0. The van der Waals surface area contributed by atoms with Gasteiger partial charge in [-0.3, -0.25) is 9.59 Å². The van der Waals surface area contributed by atoms with Gasteiger partial charge >= 0.3 is 5.97 Å². The normalized spacial score (nSPS) is 13.7. The number of rotatable bonds is 46. The number of hydrogen-bond acceptors (Lipinski definition) is 5. The molecule has 6 heteroatoms. The molecule has 0 aliphatic carbocycles. The Morgan fingerprint density at radius 2 is 0.885 bits per heavy atom. The first-order valence-corrected chi connectivity index (χ1v) is 26.1. The number of aliphatic hydroxyl groups is 2. The summed E-state index contributed by atoms with van der Waals surface area (Å²) >= 11 is 0. The van der Waals surface area contributed by atoms with Crippen LogP contribution in [0.2, 0.25) is 0 Å². The van der Waals surface area contributed by atoms with Gasteiger partial charge in [-0.15, -0.1) is 0 Å². The fourth-order valence-electron chi connectivity index (χ4n) is 7.81. The third-order valence-electron chi connectivity index (χ3n) is 11.7. The molecule has 1 amide bonds. The lowest BCUT2D eigenvalue weighted by Crippen LogP contribution is -2.46. The maximum atomic E-state index is 13.2. The van der Waals surface area contributed by atoms with Gasteiger partial charge in [-0.2, -0.15) is 0 Å². The topological polar surface area (TPSA) is 95.9 Å². The summed E-state index contributed by atoms with van der Waals surface area (Å²) < 4.78 is 5.91. The molecule has 6 nitrogen and oxygen atoms in total. The summed E-state index contributed by atoms with van der Waals surface area (Å²) in [6.07, 6.45) is 59.9. The van der Waals surface area contributed by atoms with Crippen LogP contribution in [-0.4, -0.2) is 46.9 Å². The van der Waals surface area contributed by atoms with Crippen LogP contribution in [0.4, 0.5) is 0 Å². The monoisotopic (exact) mass is 854 g/mol. The molecule has 3 unspecified atom stereocenters. The minimum Gasteiger partial charge on any atom is -0.462 e. The van der Waals surface area contributed by atoms with Crippen molar-refractivity contribution < 1.29 is 24.5 Å². The number of unbranched alkanes of at least 4 members (excludes halogenated alkanes) is 28. The first kappa shape index (κ1) is 58.6. The lowest BCUT2D eigenvalue weighted by molar-refractivity contribution is -0.151. The molecule has 0 spiro atoms. The molecule has 0 rings (SSSR count). The number of nitrogens with one attached hydrogen (secondary N) is 1. The van der Waals surface area contributed by atoms with E-state index in [4.69, 9.17) is 4.74 Å². The molecule has 0 aliphatic rings. The number of esters is 1. The average Bonchev–Trinajstić information content (AvgIpc) is 3.25. The summed E-state index contributed by atoms with van der Waals surface area (Å²) in [5, 5.41) is 23.8. The Bertz CT molecular complexity index is 1090. The highest BCUT2D eigenvalue weighted by Gasteiger charge is 2.24. The van der Waals surface area contributed by atoms with Crippen LogP contribution in [0.5, 0.6) is 0 Å². The Labute approximate surface area is 378 Å². The van der Waals surface area contributed by atoms with Crippen LogP contribution in [0.25, 0.3) is 0 Å². The molecule has 3 N–H and O–H groups in total. The van der Waals surface area contributed by atoms with Gasteiger partial charge in [0.15, 0.2) is 0 Å². The van der Waals surface area contributed by atoms with Gasteiger partial charge in [-0.05, 0) is 44.9 Å². The first-order chi connectivity index (χ1) is 30.0. The number of ether oxygens (including phenoxy) is 1. The van der Waals surface area contributed by atoms with Gasteiger partial charge in [-0.25, -0.2) is 0 Å². The summed E-state index contributed by atoms with van der Waals surface area (Å²) in [6.45, 7) is 6.34. The number of amides is 1. The molecule has 354 valence electrons. The van der Waals surface area contributed by atoms with Crippen molar-refractivity contribution in [1.82, 2.24) is 5.32 Å². The highest BCUT2D eigenvalue weighted by atomic mass is 16.5. The van der Waals surface area contributed by atoms with Crippen molar-refractivity contribution in [1.29, 1.82) is 0 Å².